The van der Waals surface area contributed by atoms with Crippen LogP contribution >= 0.6 is 82.0 Å². The molecule has 2 amide bonds. The van der Waals surface area contributed by atoms with Gasteiger partial charge in [-0.2, -0.15) is 0 Å². The molecule has 21 heteroatoms. The fraction of sp³-hybridized carbons (Fsp3) is 0.179. The maximum atomic E-state index is 16.1. The first kappa shape index (κ1) is 52.1. The molecular weight excluding hydrogens is 1110 g/mol. The smallest absolute Gasteiger partial charge is 0.333 e. The van der Waals surface area contributed by atoms with E-state index in [2.05, 4.69) is 0 Å². The second-order valence-corrected chi connectivity index (χ2v) is 23.9. The molecule has 7 aromatic rings. The van der Waals surface area contributed by atoms with E-state index in [1.165, 1.54) is 15.9 Å². The zero-order valence-electron chi connectivity index (χ0n) is 40.7. The van der Waals surface area contributed by atoms with E-state index in [1.54, 1.807) is 110 Å². The maximum absolute atomic E-state index is 16.1. The van der Waals surface area contributed by atoms with Crippen LogP contribution < -0.4 is 0 Å². The van der Waals surface area contributed by atoms with E-state index < -0.39 is 40.6 Å². The van der Waals surface area contributed by atoms with Gasteiger partial charge in [0.15, 0.2) is 10.1 Å². The molecule has 386 valence electrons. The first-order valence-corrected chi connectivity index (χ1v) is 28.8. The normalized spacial score (nSPS) is 17.1. The molecule has 2 fully saturated rings. The summed E-state index contributed by atoms with van der Waals surface area (Å²) in [6.07, 6.45) is 0. The monoisotopic (exact) mass is 1150 g/mol. The second kappa shape index (κ2) is 21.4. The quantitative estimate of drug-likeness (QED) is 0.0387. The number of carbonyl (C=O) groups excluding carboxylic acids is 6. The number of amides is 2. The summed E-state index contributed by atoms with van der Waals surface area (Å²) in [5.74, 6) is -5.09. The molecule has 3 aromatic heterocycles. The molecule has 2 aliphatic heterocycles. The first-order chi connectivity index (χ1) is 37.4. The molecular formula is C56H40N4O10S7. The Morgan fingerprint density at radius 2 is 0.883 bits per heavy atom. The molecule has 0 saturated carbocycles. The molecule has 0 atom stereocenters. The van der Waals surface area contributed by atoms with Gasteiger partial charge in [0.2, 0.25) is 10.8 Å². The highest BCUT2D eigenvalue weighted by molar-refractivity contribution is 8.35. The van der Waals surface area contributed by atoms with Crippen LogP contribution in [0.3, 0.4) is 0 Å². The molecule has 0 N–H and O–H groups in total. The minimum Gasteiger partial charge on any atom is -0.459 e. The van der Waals surface area contributed by atoms with E-state index in [1.807, 2.05) is 31.2 Å². The van der Waals surface area contributed by atoms with Crippen LogP contribution in [-0.4, -0.2) is 77.3 Å². The average molecular weight is 1150 g/mol. The highest BCUT2D eigenvalue weighted by Crippen LogP contribution is 2.70. The van der Waals surface area contributed by atoms with Crippen molar-refractivity contribution in [3.63, 3.8) is 0 Å². The third-order valence-electron chi connectivity index (χ3n) is 13.1. The Bertz CT molecular complexity index is 3590. The minimum atomic E-state index is -2.58. The molecule has 0 unspecified atom stereocenters. The summed E-state index contributed by atoms with van der Waals surface area (Å²) in [6.45, 7) is 3.08. The molecule has 2 saturated heterocycles. The molecule has 14 nitrogen and oxygen atoms in total. The van der Waals surface area contributed by atoms with Gasteiger partial charge in [0.1, 0.15) is 45.1 Å². The number of esters is 4. The number of carbonyl (C=O) groups is 6. The van der Waals surface area contributed by atoms with E-state index in [4.69, 9.17) is 53.4 Å². The topological polar surface area (TPSA) is 171 Å². The van der Waals surface area contributed by atoms with Crippen molar-refractivity contribution in [2.24, 2.45) is 9.98 Å². The number of hydrogen-bond donors (Lipinski definition) is 0. The number of fused-ring (bicyclic) bond motifs is 6. The van der Waals surface area contributed by atoms with E-state index in [0.717, 1.165) is 57.5 Å². The van der Waals surface area contributed by atoms with Gasteiger partial charge in [-0.1, -0.05) is 146 Å². The third kappa shape index (κ3) is 9.06. The van der Waals surface area contributed by atoms with Crippen molar-refractivity contribution in [1.82, 2.24) is 9.80 Å². The molecule has 0 spiro atoms. The van der Waals surface area contributed by atoms with Gasteiger partial charge in [-0.25, -0.2) is 9.98 Å². The zero-order chi connectivity index (χ0) is 53.6. The van der Waals surface area contributed by atoms with Gasteiger partial charge >= 0.3 is 23.9 Å². The van der Waals surface area contributed by atoms with Crippen molar-refractivity contribution < 1.29 is 47.7 Å². The van der Waals surface area contributed by atoms with Crippen LogP contribution in [-0.2, 0) is 85.0 Å². The number of hydrogen-bond acceptors (Lipinski definition) is 19. The number of aliphatic imine (C=N–C) groups is 2. The lowest BCUT2D eigenvalue weighted by molar-refractivity contribution is -0.165. The number of rotatable bonds is 16. The maximum Gasteiger partial charge on any atom is 0.333 e. The largest absolute Gasteiger partial charge is 0.459 e. The van der Waals surface area contributed by atoms with Gasteiger partial charge in [0, 0.05) is 49.8 Å². The number of thioether (sulfide) groups is 2. The average Bonchev–Trinajstić information content (AvgIpc) is 4.35. The van der Waals surface area contributed by atoms with Gasteiger partial charge < -0.3 is 18.9 Å². The SMILES string of the molecule is CCN1C(=O)/C(=N/c2cc3c(s2)C2=C(c4sc5cc(/N=C6\SC(=S)N(CC)C6=O)sc5c4C2(C(=O)OCc2ccccc2)C(=O)OCc2ccccc2)C3(C(=O)OCc2ccccc2)C(=O)OCc2ccccc2)SC1=S. The van der Waals surface area contributed by atoms with Crippen molar-refractivity contribution in [3.05, 3.63) is 177 Å². The van der Waals surface area contributed by atoms with E-state index in [9.17, 15) is 9.59 Å². The second-order valence-electron chi connectivity index (χ2n) is 17.6. The number of thiocarbonyl (C=S) groups is 2. The Balaban J connectivity index is 1.19. The van der Waals surface area contributed by atoms with E-state index in [-0.39, 0.29) is 86.0 Å². The Morgan fingerprint density at radius 1 is 0.506 bits per heavy atom. The first-order valence-electron chi connectivity index (χ1n) is 23.9. The third-order valence-corrected chi connectivity index (χ3v) is 19.1. The zero-order valence-corrected chi connectivity index (χ0v) is 46.4. The van der Waals surface area contributed by atoms with Gasteiger partial charge in [0.25, 0.3) is 11.8 Å². The summed E-state index contributed by atoms with van der Waals surface area (Å²) in [5.41, 5.74) is -2.73. The number of ether oxygens (including phenoxy) is 4. The van der Waals surface area contributed by atoms with Gasteiger partial charge in [0.05, 0.1) is 4.70 Å². The molecule has 0 bridgehead atoms. The van der Waals surface area contributed by atoms with Gasteiger partial charge in [-0.15, -0.1) is 34.0 Å². The van der Waals surface area contributed by atoms with Crippen LogP contribution in [0, 0.1) is 0 Å². The lowest BCUT2D eigenvalue weighted by Crippen LogP contribution is -2.45. The predicted octanol–water partition coefficient (Wildman–Crippen LogP) is 11.2. The van der Waals surface area contributed by atoms with Crippen LogP contribution in [0.5, 0.6) is 0 Å². The number of thiophene rings is 3. The van der Waals surface area contributed by atoms with Crippen LogP contribution in [0.4, 0.5) is 10.0 Å². The van der Waals surface area contributed by atoms with E-state index >= 15 is 19.2 Å². The van der Waals surface area contributed by atoms with E-state index in [0.29, 0.717) is 51.8 Å². The summed E-state index contributed by atoms with van der Waals surface area (Å²) in [4.78, 5) is 104. The van der Waals surface area contributed by atoms with Gasteiger partial charge in [-0.3, -0.25) is 38.6 Å². The van der Waals surface area contributed by atoms with Crippen molar-refractivity contribution in [2.75, 3.05) is 13.1 Å². The number of nitrogens with zero attached hydrogens (tertiary/aromatic N) is 4. The predicted molar refractivity (Wildman–Crippen MR) is 308 cm³/mol. The summed E-state index contributed by atoms with van der Waals surface area (Å²) >= 11 is 16.3. The lowest BCUT2D eigenvalue weighted by Gasteiger charge is -2.29. The highest BCUT2D eigenvalue weighted by Gasteiger charge is 2.72. The van der Waals surface area contributed by atoms with Crippen molar-refractivity contribution in [1.29, 1.82) is 0 Å². The Kier molecular flexibility index (Phi) is 14.5. The molecule has 77 heavy (non-hydrogen) atoms. The Morgan fingerprint density at radius 3 is 1.27 bits per heavy atom. The molecule has 11 rings (SSSR count). The molecule has 4 aliphatic rings. The van der Waals surface area contributed by atoms with Crippen LogP contribution in [0.1, 0.15) is 57.0 Å². The number of benzene rings is 4. The summed E-state index contributed by atoms with van der Waals surface area (Å²) < 4.78 is 26.7. The Labute approximate surface area is 471 Å². The lowest BCUT2D eigenvalue weighted by atomic mass is 9.76. The van der Waals surface area contributed by atoms with Crippen LogP contribution in [0.25, 0.3) is 20.5 Å². The summed E-state index contributed by atoms with van der Waals surface area (Å²) in [6, 6.07) is 38.9. The fourth-order valence-corrected chi connectivity index (χ4v) is 16.1. The van der Waals surface area contributed by atoms with Crippen LogP contribution in [0.2, 0.25) is 0 Å². The highest BCUT2D eigenvalue weighted by atomic mass is 32.2. The Hall–Kier alpha value is -6.98. The summed E-state index contributed by atoms with van der Waals surface area (Å²) in [7, 11) is 0. The molecule has 0 radical (unpaired) electrons. The minimum absolute atomic E-state index is 0.00662. The van der Waals surface area contributed by atoms with Crippen LogP contribution in [0.15, 0.2) is 143 Å². The van der Waals surface area contributed by atoms with Gasteiger partial charge in [-0.05, 0) is 71.8 Å². The van der Waals surface area contributed by atoms with Crippen molar-refractivity contribution in [2.45, 2.75) is 51.1 Å². The summed E-state index contributed by atoms with van der Waals surface area (Å²) in [5, 5.41) is 0.669. The molecule has 2 aliphatic carbocycles. The fourth-order valence-electron chi connectivity index (χ4n) is 9.52. The van der Waals surface area contributed by atoms with Crippen molar-refractivity contribution in [3.8, 4) is 0 Å². The standard InChI is InChI=1S/C56H40N4O10S7/c1-3-59-47(61)45(76-53(59)71)57-37-25-35-42(74-37)39-40(55(35,49(63)67-27-31-17-9-5-10-18-31)50(64)68-28-32-19-11-6-12-20-32)44-41(43-36(73-44)26-38(75-43)58-46-48(62)60(4-2)54(72)77-46)56(39,51(65)69-29-33-21-13-7-14-22-33)52(66)70-30-34-23-15-8-16-24-34/h5-26H,3-4,27-30H2,1-2H3/b57-45-,58-46-. The molecule has 4 aromatic carbocycles. The molecule has 5 heterocycles. The van der Waals surface area contributed by atoms with Crippen molar-refractivity contribution >= 4 is 167 Å².